The molecule has 0 aliphatic carbocycles. The number of aromatic nitrogens is 3. The molecule has 2 aromatic heterocycles. The molecule has 3 aliphatic heterocycles. The van der Waals surface area contributed by atoms with Crippen LogP contribution >= 0.6 is 0 Å². The maximum Gasteiger partial charge on any atom is 0.246 e. The highest BCUT2D eigenvalue weighted by Crippen LogP contribution is 2.29. The number of nitrogens with one attached hydrogen (secondary N) is 3. The van der Waals surface area contributed by atoms with Gasteiger partial charge in [-0.25, -0.2) is 9.97 Å². The zero-order valence-electron chi connectivity index (χ0n) is 15.4. The molecule has 0 bridgehead atoms. The van der Waals surface area contributed by atoms with Crippen LogP contribution in [0.3, 0.4) is 0 Å². The molecule has 1 unspecified atom stereocenters. The zero-order valence-corrected chi connectivity index (χ0v) is 15.4. The summed E-state index contributed by atoms with van der Waals surface area (Å²) in [5.74, 6) is 1.95. The molecule has 1 atom stereocenters. The Morgan fingerprint density at radius 2 is 1.96 bits per heavy atom. The highest BCUT2D eigenvalue weighted by molar-refractivity contribution is 5.92. The van der Waals surface area contributed by atoms with Crippen molar-refractivity contribution in [2.24, 2.45) is 0 Å². The van der Waals surface area contributed by atoms with Crippen molar-refractivity contribution in [3.63, 3.8) is 0 Å². The van der Waals surface area contributed by atoms with Gasteiger partial charge >= 0.3 is 0 Å². The first-order valence-electron chi connectivity index (χ1n) is 9.56. The van der Waals surface area contributed by atoms with Crippen molar-refractivity contribution < 1.29 is 4.79 Å². The standard InChI is InChI=1S/C19H22N8O/c28-18-15-3-1-13-11-23-19(25-17(13)27(15)10-7-21-18)24-16-4-2-14(12-22-16)26-8-5-20-6-9-26/h1-4,11-12,15,20H,5-10H2,(H,21,28)(H,22,23,24,25). The summed E-state index contributed by atoms with van der Waals surface area (Å²) in [5, 5.41) is 9.42. The Labute approximate surface area is 162 Å². The Balaban J connectivity index is 1.34. The summed E-state index contributed by atoms with van der Waals surface area (Å²) in [5.41, 5.74) is 2.03. The predicted molar refractivity (Wildman–Crippen MR) is 108 cm³/mol. The molecule has 3 N–H and O–H groups in total. The first-order valence-corrected chi connectivity index (χ1v) is 9.56. The number of hydrogen-bond donors (Lipinski definition) is 3. The second kappa shape index (κ2) is 7.08. The minimum absolute atomic E-state index is 0.00596. The maximum atomic E-state index is 12.1. The van der Waals surface area contributed by atoms with Crippen LogP contribution < -0.4 is 25.8 Å². The molecule has 9 nitrogen and oxygen atoms in total. The molecule has 0 saturated carbocycles. The summed E-state index contributed by atoms with van der Waals surface area (Å²) in [6, 6.07) is 3.70. The minimum atomic E-state index is -0.305. The lowest BCUT2D eigenvalue weighted by Crippen LogP contribution is -2.55. The van der Waals surface area contributed by atoms with E-state index >= 15 is 0 Å². The lowest BCUT2D eigenvalue weighted by Gasteiger charge is -2.37. The zero-order chi connectivity index (χ0) is 18.9. The molecular formula is C19H22N8O. The Kier molecular flexibility index (Phi) is 4.28. The Morgan fingerprint density at radius 3 is 2.79 bits per heavy atom. The smallest absolute Gasteiger partial charge is 0.246 e. The van der Waals surface area contributed by atoms with Crippen LogP contribution in [-0.4, -0.2) is 66.2 Å². The molecule has 0 aromatic carbocycles. The average Bonchev–Trinajstić information content (AvgIpc) is 2.75. The second-order valence-electron chi connectivity index (χ2n) is 7.02. The van der Waals surface area contributed by atoms with Gasteiger partial charge in [0, 0.05) is 51.0 Å². The Morgan fingerprint density at radius 1 is 1.07 bits per heavy atom. The van der Waals surface area contributed by atoms with Crippen LogP contribution in [0.2, 0.25) is 0 Å². The fourth-order valence-electron chi connectivity index (χ4n) is 3.78. The van der Waals surface area contributed by atoms with Gasteiger partial charge in [-0.15, -0.1) is 0 Å². The number of pyridine rings is 1. The van der Waals surface area contributed by atoms with Crippen LogP contribution in [0.25, 0.3) is 6.08 Å². The van der Waals surface area contributed by atoms with Gasteiger partial charge in [0.2, 0.25) is 11.9 Å². The summed E-state index contributed by atoms with van der Waals surface area (Å²) < 4.78 is 0. The lowest BCUT2D eigenvalue weighted by atomic mass is 10.1. The molecular weight excluding hydrogens is 356 g/mol. The average molecular weight is 378 g/mol. The number of rotatable bonds is 3. The molecule has 3 aliphatic rings. The van der Waals surface area contributed by atoms with E-state index in [9.17, 15) is 4.79 Å². The van der Waals surface area contributed by atoms with E-state index in [1.165, 1.54) is 0 Å². The van der Waals surface area contributed by atoms with E-state index in [1.807, 2.05) is 29.3 Å². The summed E-state index contributed by atoms with van der Waals surface area (Å²) in [7, 11) is 0. The summed E-state index contributed by atoms with van der Waals surface area (Å²) in [6.45, 7) is 5.30. The molecule has 5 heterocycles. The first kappa shape index (κ1) is 16.9. The maximum absolute atomic E-state index is 12.1. The minimum Gasteiger partial charge on any atom is -0.368 e. The quantitative estimate of drug-likeness (QED) is 0.704. The first-order chi connectivity index (χ1) is 13.8. The molecule has 2 fully saturated rings. The molecule has 0 spiro atoms. The van der Waals surface area contributed by atoms with E-state index in [0.717, 1.165) is 49.8 Å². The molecule has 0 radical (unpaired) electrons. The van der Waals surface area contributed by atoms with Crippen LogP contribution in [0.1, 0.15) is 5.56 Å². The summed E-state index contributed by atoms with van der Waals surface area (Å²) >= 11 is 0. The van der Waals surface area contributed by atoms with Crippen LogP contribution in [0.4, 0.5) is 23.3 Å². The molecule has 2 aromatic rings. The van der Waals surface area contributed by atoms with Crippen molar-refractivity contribution in [3.8, 4) is 0 Å². The van der Waals surface area contributed by atoms with Crippen LogP contribution in [-0.2, 0) is 4.79 Å². The van der Waals surface area contributed by atoms with Gasteiger partial charge in [0.15, 0.2) is 0 Å². The molecule has 5 rings (SSSR count). The van der Waals surface area contributed by atoms with Crippen molar-refractivity contribution in [2.45, 2.75) is 6.04 Å². The number of carbonyl (C=O) groups is 1. The normalized spacial score (nSPS) is 21.0. The number of amides is 1. The SMILES string of the molecule is O=C1NCCN2c3nc(Nc4ccc(N5CCNCC5)cn4)ncc3C=CC12. The Bertz CT molecular complexity index is 907. The lowest BCUT2D eigenvalue weighted by molar-refractivity contribution is -0.122. The highest BCUT2D eigenvalue weighted by atomic mass is 16.2. The van der Waals surface area contributed by atoms with Crippen LogP contribution in [0, 0.1) is 0 Å². The summed E-state index contributed by atoms with van der Waals surface area (Å²) in [6.07, 6.45) is 7.45. The van der Waals surface area contributed by atoms with E-state index in [1.54, 1.807) is 6.20 Å². The fraction of sp³-hybridized carbons (Fsp3) is 0.368. The molecule has 144 valence electrons. The van der Waals surface area contributed by atoms with Gasteiger partial charge in [-0.2, -0.15) is 4.98 Å². The molecule has 2 saturated heterocycles. The third-order valence-corrected chi connectivity index (χ3v) is 5.25. The number of piperazine rings is 2. The third-order valence-electron chi connectivity index (χ3n) is 5.25. The summed E-state index contributed by atoms with van der Waals surface area (Å²) in [4.78, 5) is 30.0. The van der Waals surface area contributed by atoms with Gasteiger partial charge in [0.05, 0.1) is 11.9 Å². The second-order valence-corrected chi connectivity index (χ2v) is 7.02. The number of fused-ring (bicyclic) bond motifs is 3. The van der Waals surface area contributed by atoms with E-state index in [2.05, 4.69) is 41.9 Å². The van der Waals surface area contributed by atoms with Gasteiger partial charge in [-0.05, 0) is 12.1 Å². The molecule has 1 amide bonds. The number of anilines is 4. The van der Waals surface area contributed by atoms with Crippen molar-refractivity contribution in [1.29, 1.82) is 0 Å². The largest absolute Gasteiger partial charge is 0.368 e. The monoisotopic (exact) mass is 378 g/mol. The van der Waals surface area contributed by atoms with E-state index in [-0.39, 0.29) is 11.9 Å². The number of hydrogen-bond acceptors (Lipinski definition) is 8. The fourth-order valence-corrected chi connectivity index (χ4v) is 3.78. The Hall–Kier alpha value is -3.20. The molecule has 9 heteroatoms. The van der Waals surface area contributed by atoms with Gasteiger partial charge in [0.25, 0.3) is 0 Å². The van der Waals surface area contributed by atoms with E-state index in [0.29, 0.717) is 18.3 Å². The van der Waals surface area contributed by atoms with Gasteiger partial charge in [-0.1, -0.05) is 12.2 Å². The van der Waals surface area contributed by atoms with Crippen LogP contribution in [0.15, 0.2) is 30.6 Å². The highest BCUT2D eigenvalue weighted by Gasteiger charge is 2.32. The van der Waals surface area contributed by atoms with E-state index < -0.39 is 0 Å². The van der Waals surface area contributed by atoms with Gasteiger partial charge in [-0.3, -0.25) is 4.79 Å². The number of nitrogens with zero attached hydrogens (tertiary/aromatic N) is 5. The van der Waals surface area contributed by atoms with Crippen molar-refractivity contribution >= 4 is 35.3 Å². The third kappa shape index (κ3) is 3.13. The molecule has 28 heavy (non-hydrogen) atoms. The number of carbonyl (C=O) groups excluding carboxylic acids is 1. The van der Waals surface area contributed by atoms with Crippen molar-refractivity contribution in [2.75, 3.05) is 54.4 Å². The van der Waals surface area contributed by atoms with E-state index in [4.69, 9.17) is 0 Å². The van der Waals surface area contributed by atoms with Gasteiger partial charge in [0.1, 0.15) is 17.7 Å². The van der Waals surface area contributed by atoms with Crippen molar-refractivity contribution in [3.05, 3.63) is 36.2 Å². The predicted octanol–water partition coefficient (Wildman–Crippen LogP) is 0.356. The van der Waals surface area contributed by atoms with Crippen LogP contribution in [0.5, 0.6) is 0 Å². The topological polar surface area (TPSA) is 98.3 Å². The van der Waals surface area contributed by atoms with Crippen molar-refractivity contribution in [1.82, 2.24) is 25.6 Å². The van der Waals surface area contributed by atoms with Gasteiger partial charge < -0.3 is 25.8 Å².